The Bertz CT molecular complexity index is 283. The van der Waals surface area contributed by atoms with Gasteiger partial charge in [-0.2, -0.15) is 0 Å². The van der Waals surface area contributed by atoms with E-state index < -0.39 is 0 Å². The lowest BCUT2D eigenvalue weighted by Gasteiger charge is -1.99. The lowest BCUT2D eigenvalue weighted by molar-refractivity contribution is -0.120. The smallest absolute Gasteiger partial charge is 0.298 e. The molecule has 0 bridgehead atoms. The molecule has 1 aromatic carbocycles. The van der Waals surface area contributed by atoms with E-state index in [1.54, 1.807) is 24.3 Å². The molecule has 0 aliphatic carbocycles. The van der Waals surface area contributed by atoms with Gasteiger partial charge in [0.05, 0.1) is 0 Å². The van der Waals surface area contributed by atoms with E-state index in [1.165, 1.54) is 0 Å². The van der Waals surface area contributed by atoms with Crippen molar-refractivity contribution in [3.63, 3.8) is 0 Å². The van der Waals surface area contributed by atoms with E-state index in [4.69, 9.17) is 0 Å². The van der Waals surface area contributed by atoms with E-state index in [-0.39, 0.29) is 6.61 Å². The number of hydrogen-bond acceptors (Lipinski definition) is 5. The molecule has 68 valence electrons. The van der Waals surface area contributed by atoms with Crippen molar-refractivity contribution in [2.45, 2.75) is 6.61 Å². The largest absolute Gasteiger partial charge is 0.429 e. The summed E-state index contributed by atoms with van der Waals surface area (Å²) in [5.74, 6) is 0.442. The highest BCUT2D eigenvalue weighted by molar-refractivity contribution is 5.45. The number of hydrogen-bond donors (Lipinski definition) is 0. The normalized spacial score (nSPS) is 8.92. The molecule has 0 saturated heterocycles. The number of rotatable bonds is 5. The first-order valence-electron chi connectivity index (χ1n) is 3.50. The molecule has 0 aliphatic rings. The summed E-state index contributed by atoms with van der Waals surface area (Å²) in [6.07, 6.45) is 0. The SMILES string of the molecule is O=COc1ccc(CON=O)cc1. The van der Waals surface area contributed by atoms with E-state index in [0.29, 0.717) is 12.2 Å². The van der Waals surface area contributed by atoms with Crippen LogP contribution in [0.25, 0.3) is 0 Å². The van der Waals surface area contributed by atoms with Crippen LogP contribution in [0.5, 0.6) is 5.75 Å². The Morgan fingerprint density at radius 3 is 2.54 bits per heavy atom. The topological polar surface area (TPSA) is 65.0 Å². The van der Waals surface area contributed by atoms with E-state index in [0.717, 1.165) is 5.56 Å². The fourth-order valence-corrected chi connectivity index (χ4v) is 0.821. The molecular weight excluding hydrogens is 174 g/mol. The predicted molar refractivity (Wildman–Crippen MR) is 43.7 cm³/mol. The van der Waals surface area contributed by atoms with Crippen LogP contribution in [0.4, 0.5) is 0 Å². The van der Waals surface area contributed by atoms with Gasteiger partial charge < -0.3 is 9.57 Å². The molecule has 5 heteroatoms. The summed E-state index contributed by atoms with van der Waals surface area (Å²) in [7, 11) is 0. The zero-order chi connectivity index (χ0) is 9.52. The molecule has 1 rings (SSSR count). The average molecular weight is 181 g/mol. The van der Waals surface area contributed by atoms with Gasteiger partial charge in [0.2, 0.25) is 0 Å². The molecule has 0 amide bonds. The van der Waals surface area contributed by atoms with Crippen LogP contribution in [0.1, 0.15) is 5.56 Å². The summed E-state index contributed by atoms with van der Waals surface area (Å²) >= 11 is 0. The van der Waals surface area contributed by atoms with Crippen molar-refractivity contribution >= 4 is 6.47 Å². The van der Waals surface area contributed by atoms with Gasteiger partial charge in [0.25, 0.3) is 6.47 Å². The Kier molecular flexibility index (Phi) is 3.44. The monoisotopic (exact) mass is 181 g/mol. The van der Waals surface area contributed by atoms with E-state index in [1.807, 2.05) is 0 Å². The highest BCUT2D eigenvalue weighted by Crippen LogP contribution is 2.11. The second-order valence-electron chi connectivity index (χ2n) is 2.21. The van der Waals surface area contributed by atoms with Crippen molar-refractivity contribution in [2.75, 3.05) is 0 Å². The Hall–Kier alpha value is -1.91. The molecule has 0 N–H and O–H groups in total. The molecule has 13 heavy (non-hydrogen) atoms. The maximum Gasteiger partial charge on any atom is 0.298 e. The summed E-state index contributed by atoms with van der Waals surface area (Å²) < 4.78 is 4.56. The lowest BCUT2D eigenvalue weighted by atomic mass is 10.2. The maximum atomic E-state index is 9.93. The first-order valence-corrected chi connectivity index (χ1v) is 3.50. The van der Waals surface area contributed by atoms with Crippen molar-refractivity contribution in [2.24, 2.45) is 5.34 Å². The standard InChI is InChI=1S/C8H7NO4/c10-6-12-8-3-1-7(2-4-8)5-13-9-11/h1-4,6H,5H2. The third-order valence-corrected chi connectivity index (χ3v) is 1.39. The molecule has 0 heterocycles. The second kappa shape index (κ2) is 4.87. The summed E-state index contributed by atoms with van der Waals surface area (Å²) in [6, 6.07) is 6.53. The first kappa shape index (κ1) is 9.18. The van der Waals surface area contributed by atoms with Crippen LogP contribution in [0.2, 0.25) is 0 Å². The minimum Gasteiger partial charge on any atom is -0.429 e. The molecule has 0 unspecified atom stereocenters. The Morgan fingerprint density at radius 2 is 2.00 bits per heavy atom. The van der Waals surface area contributed by atoms with Crippen LogP contribution < -0.4 is 4.74 Å². The van der Waals surface area contributed by atoms with Crippen LogP contribution in [-0.4, -0.2) is 6.47 Å². The van der Waals surface area contributed by atoms with Crippen molar-refractivity contribution in [3.05, 3.63) is 34.7 Å². The van der Waals surface area contributed by atoms with Crippen molar-refractivity contribution < 1.29 is 14.4 Å². The number of carbonyl (C=O) groups is 1. The highest BCUT2D eigenvalue weighted by atomic mass is 16.7. The predicted octanol–water partition coefficient (Wildman–Crippen LogP) is 1.42. The molecule has 0 atom stereocenters. The summed E-state index contributed by atoms with van der Waals surface area (Å²) in [5, 5.41) is 2.25. The molecule has 0 aliphatic heterocycles. The highest BCUT2D eigenvalue weighted by Gasteiger charge is 1.95. The number of nitrogens with zero attached hydrogens (tertiary/aromatic N) is 1. The van der Waals surface area contributed by atoms with Gasteiger partial charge in [-0.25, -0.2) is 0 Å². The van der Waals surface area contributed by atoms with Gasteiger partial charge in [0.15, 0.2) is 5.34 Å². The molecule has 1 aromatic rings. The van der Waals surface area contributed by atoms with Gasteiger partial charge in [-0.1, -0.05) is 12.1 Å². The summed E-state index contributed by atoms with van der Waals surface area (Å²) in [5.41, 5.74) is 0.776. The maximum absolute atomic E-state index is 9.93. The van der Waals surface area contributed by atoms with Crippen LogP contribution in [0.3, 0.4) is 0 Å². The van der Waals surface area contributed by atoms with E-state index in [9.17, 15) is 9.70 Å². The summed E-state index contributed by atoms with van der Waals surface area (Å²) in [4.78, 5) is 23.8. The third-order valence-electron chi connectivity index (χ3n) is 1.39. The average Bonchev–Trinajstić information content (AvgIpc) is 2.17. The van der Waals surface area contributed by atoms with Gasteiger partial charge in [0, 0.05) is 0 Å². The van der Waals surface area contributed by atoms with Crippen LogP contribution >= 0.6 is 0 Å². The Balaban J connectivity index is 2.58. The van der Waals surface area contributed by atoms with Crippen molar-refractivity contribution in [1.82, 2.24) is 0 Å². The molecule has 0 saturated carbocycles. The van der Waals surface area contributed by atoms with Crippen LogP contribution in [-0.2, 0) is 16.2 Å². The lowest BCUT2D eigenvalue weighted by Crippen LogP contribution is -1.90. The van der Waals surface area contributed by atoms with Gasteiger partial charge in [0.1, 0.15) is 12.4 Å². The fraction of sp³-hybridized carbons (Fsp3) is 0.125. The minimum atomic E-state index is 0.116. The summed E-state index contributed by atoms with van der Waals surface area (Å²) in [6.45, 7) is 0.462. The van der Waals surface area contributed by atoms with Crippen LogP contribution in [0, 0.1) is 4.91 Å². The quantitative estimate of drug-likeness (QED) is 0.391. The minimum absolute atomic E-state index is 0.116. The van der Waals surface area contributed by atoms with Crippen molar-refractivity contribution in [1.29, 1.82) is 0 Å². The number of carbonyl (C=O) groups excluding carboxylic acids is 1. The molecule has 0 spiro atoms. The second-order valence-corrected chi connectivity index (χ2v) is 2.21. The Labute approximate surface area is 74.2 Å². The van der Waals surface area contributed by atoms with E-state index in [2.05, 4.69) is 14.9 Å². The zero-order valence-electron chi connectivity index (χ0n) is 6.67. The van der Waals surface area contributed by atoms with Gasteiger partial charge in [-0.3, -0.25) is 4.79 Å². The van der Waals surface area contributed by atoms with Gasteiger partial charge in [-0.15, -0.1) is 4.91 Å². The number of ether oxygens (including phenoxy) is 1. The first-order chi connectivity index (χ1) is 6.36. The van der Waals surface area contributed by atoms with Gasteiger partial charge >= 0.3 is 0 Å². The van der Waals surface area contributed by atoms with Gasteiger partial charge in [-0.05, 0) is 17.7 Å². The third kappa shape index (κ3) is 2.90. The molecule has 0 aromatic heterocycles. The fourth-order valence-electron chi connectivity index (χ4n) is 0.821. The van der Waals surface area contributed by atoms with Crippen molar-refractivity contribution in [3.8, 4) is 5.75 Å². The molecule has 0 radical (unpaired) electrons. The van der Waals surface area contributed by atoms with E-state index >= 15 is 0 Å². The Morgan fingerprint density at radius 1 is 1.31 bits per heavy atom. The molecular formula is C8H7NO4. The zero-order valence-corrected chi connectivity index (χ0v) is 6.67. The van der Waals surface area contributed by atoms with Crippen LogP contribution in [0.15, 0.2) is 29.6 Å². The molecule has 0 fully saturated rings. The molecule has 5 nitrogen and oxygen atoms in total. The number of benzene rings is 1.